The number of ketones is 1. The molecule has 1 N–H and O–H groups in total. The van der Waals surface area contributed by atoms with Gasteiger partial charge in [0, 0.05) is 16.1 Å². The van der Waals surface area contributed by atoms with E-state index in [0.717, 1.165) is 5.56 Å². The number of allylic oxidation sites excluding steroid dienone is 1. The minimum absolute atomic E-state index is 0.0000713. The number of aryl methyl sites for hydroxylation is 1. The van der Waals surface area contributed by atoms with Crippen LogP contribution in [0.3, 0.4) is 0 Å². The fourth-order valence-electron chi connectivity index (χ4n) is 2.45. The zero-order valence-electron chi connectivity index (χ0n) is 12.5. The molecule has 23 heavy (non-hydrogen) atoms. The predicted octanol–water partition coefficient (Wildman–Crippen LogP) is 4.12. The van der Waals surface area contributed by atoms with Gasteiger partial charge in [-0.1, -0.05) is 23.7 Å². The standard InChI is InChI=1S/C18H15ClO4/c1-11-3-2-4-15(17(11)21)16(20)6-5-12-7-14(19)8-13-9-22-10-23-18(12)13/h2-8,21H,9-10H2,1H3/b6-5+. The second-order valence-corrected chi connectivity index (χ2v) is 5.70. The summed E-state index contributed by atoms with van der Waals surface area (Å²) in [6.07, 6.45) is 3.04. The van der Waals surface area contributed by atoms with Crippen molar-refractivity contribution in [3.63, 3.8) is 0 Å². The molecule has 0 bridgehead atoms. The van der Waals surface area contributed by atoms with Gasteiger partial charge in [0.2, 0.25) is 0 Å². The van der Waals surface area contributed by atoms with Crippen LogP contribution in [0.25, 0.3) is 6.08 Å². The Morgan fingerprint density at radius 2 is 2.17 bits per heavy atom. The van der Waals surface area contributed by atoms with Gasteiger partial charge in [-0.05, 0) is 42.8 Å². The molecule has 0 amide bonds. The molecular weight excluding hydrogens is 316 g/mol. The van der Waals surface area contributed by atoms with Gasteiger partial charge in [0.1, 0.15) is 11.5 Å². The molecule has 0 spiro atoms. The average Bonchev–Trinajstić information content (AvgIpc) is 2.54. The maximum atomic E-state index is 12.3. The number of aromatic hydroxyl groups is 1. The zero-order chi connectivity index (χ0) is 16.4. The van der Waals surface area contributed by atoms with Crippen LogP contribution in [0, 0.1) is 6.92 Å². The zero-order valence-corrected chi connectivity index (χ0v) is 13.3. The summed E-state index contributed by atoms with van der Waals surface area (Å²) in [7, 11) is 0. The van der Waals surface area contributed by atoms with E-state index < -0.39 is 0 Å². The van der Waals surface area contributed by atoms with Crippen LogP contribution in [-0.2, 0) is 11.3 Å². The van der Waals surface area contributed by atoms with Crippen LogP contribution in [0.2, 0.25) is 5.02 Å². The summed E-state index contributed by atoms with van der Waals surface area (Å²) in [6, 6.07) is 8.58. The summed E-state index contributed by atoms with van der Waals surface area (Å²) in [4.78, 5) is 12.3. The molecule has 1 heterocycles. The lowest BCUT2D eigenvalue weighted by molar-refractivity contribution is -0.0165. The third kappa shape index (κ3) is 3.23. The topological polar surface area (TPSA) is 55.8 Å². The van der Waals surface area contributed by atoms with Gasteiger partial charge in [-0.2, -0.15) is 0 Å². The molecule has 0 atom stereocenters. The van der Waals surface area contributed by atoms with Gasteiger partial charge in [-0.15, -0.1) is 0 Å². The molecule has 5 heteroatoms. The number of rotatable bonds is 3. The minimum atomic E-state index is -0.285. The van der Waals surface area contributed by atoms with E-state index in [-0.39, 0.29) is 23.9 Å². The van der Waals surface area contributed by atoms with Gasteiger partial charge in [0.15, 0.2) is 12.6 Å². The van der Waals surface area contributed by atoms with Gasteiger partial charge >= 0.3 is 0 Å². The highest BCUT2D eigenvalue weighted by Crippen LogP contribution is 2.32. The normalized spacial score (nSPS) is 13.7. The van der Waals surface area contributed by atoms with E-state index in [0.29, 0.717) is 28.5 Å². The number of hydrogen-bond acceptors (Lipinski definition) is 4. The van der Waals surface area contributed by atoms with Crippen molar-refractivity contribution in [2.24, 2.45) is 0 Å². The highest BCUT2D eigenvalue weighted by atomic mass is 35.5. The number of para-hydroxylation sites is 1. The first-order chi connectivity index (χ1) is 11.1. The molecule has 1 aliphatic heterocycles. The molecule has 1 aliphatic rings. The Morgan fingerprint density at radius 3 is 3.00 bits per heavy atom. The van der Waals surface area contributed by atoms with Crippen molar-refractivity contribution in [1.29, 1.82) is 0 Å². The van der Waals surface area contributed by atoms with E-state index in [9.17, 15) is 9.90 Å². The Balaban J connectivity index is 1.92. The number of carbonyl (C=O) groups is 1. The summed E-state index contributed by atoms with van der Waals surface area (Å²) in [5.74, 6) is 0.380. The van der Waals surface area contributed by atoms with E-state index in [2.05, 4.69) is 0 Å². The molecule has 0 radical (unpaired) electrons. The molecule has 0 aliphatic carbocycles. The summed E-state index contributed by atoms with van der Waals surface area (Å²) in [6.45, 7) is 2.34. The molecule has 0 aromatic heterocycles. The van der Waals surface area contributed by atoms with Crippen molar-refractivity contribution >= 4 is 23.5 Å². The Morgan fingerprint density at radius 1 is 1.35 bits per heavy atom. The van der Waals surface area contributed by atoms with Crippen molar-refractivity contribution in [2.45, 2.75) is 13.5 Å². The number of fused-ring (bicyclic) bond motifs is 1. The fourth-order valence-corrected chi connectivity index (χ4v) is 2.69. The summed E-state index contributed by atoms with van der Waals surface area (Å²) < 4.78 is 10.7. The highest BCUT2D eigenvalue weighted by Gasteiger charge is 2.16. The van der Waals surface area contributed by atoms with E-state index in [1.807, 2.05) is 0 Å². The van der Waals surface area contributed by atoms with Crippen LogP contribution in [-0.4, -0.2) is 17.7 Å². The molecule has 0 unspecified atom stereocenters. The first kappa shape index (κ1) is 15.6. The number of ether oxygens (including phenoxy) is 2. The fraction of sp³-hybridized carbons (Fsp3) is 0.167. The van der Waals surface area contributed by atoms with Gasteiger partial charge in [-0.3, -0.25) is 4.79 Å². The third-order valence-corrected chi connectivity index (χ3v) is 3.84. The van der Waals surface area contributed by atoms with Crippen LogP contribution < -0.4 is 4.74 Å². The maximum Gasteiger partial charge on any atom is 0.189 e. The number of carbonyl (C=O) groups excluding carboxylic acids is 1. The smallest absolute Gasteiger partial charge is 0.189 e. The lowest BCUT2D eigenvalue weighted by Gasteiger charge is -2.19. The third-order valence-electron chi connectivity index (χ3n) is 3.62. The van der Waals surface area contributed by atoms with E-state index in [1.54, 1.807) is 43.3 Å². The van der Waals surface area contributed by atoms with Gasteiger partial charge in [0.05, 0.1) is 12.2 Å². The Hall–Kier alpha value is -2.30. The van der Waals surface area contributed by atoms with Crippen LogP contribution >= 0.6 is 11.6 Å². The molecule has 2 aromatic rings. The summed E-state index contributed by atoms with van der Waals surface area (Å²) in [5.41, 5.74) is 2.47. The minimum Gasteiger partial charge on any atom is -0.507 e. The van der Waals surface area contributed by atoms with Gasteiger partial charge in [-0.25, -0.2) is 0 Å². The van der Waals surface area contributed by atoms with Crippen LogP contribution in [0.15, 0.2) is 36.4 Å². The predicted molar refractivity (Wildman–Crippen MR) is 87.9 cm³/mol. The first-order valence-electron chi connectivity index (χ1n) is 7.10. The molecule has 0 saturated carbocycles. The van der Waals surface area contributed by atoms with Crippen molar-refractivity contribution in [3.8, 4) is 11.5 Å². The van der Waals surface area contributed by atoms with Crippen molar-refractivity contribution in [1.82, 2.24) is 0 Å². The van der Waals surface area contributed by atoms with E-state index in [1.165, 1.54) is 6.08 Å². The molecule has 0 fully saturated rings. The Bertz CT molecular complexity index is 796. The highest BCUT2D eigenvalue weighted by molar-refractivity contribution is 6.30. The average molecular weight is 331 g/mol. The quantitative estimate of drug-likeness (QED) is 0.679. The summed E-state index contributed by atoms with van der Waals surface area (Å²) in [5, 5.41) is 10.5. The van der Waals surface area contributed by atoms with E-state index >= 15 is 0 Å². The number of phenols is 1. The first-order valence-corrected chi connectivity index (χ1v) is 7.48. The van der Waals surface area contributed by atoms with Crippen molar-refractivity contribution in [2.75, 3.05) is 6.79 Å². The van der Waals surface area contributed by atoms with Crippen LogP contribution in [0.5, 0.6) is 11.5 Å². The second kappa shape index (κ2) is 6.44. The van der Waals surface area contributed by atoms with Crippen molar-refractivity contribution in [3.05, 3.63) is 63.7 Å². The summed E-state index contributed by atoms with van der Waals surface area (Å²) >= 11 is 6.09. The Kier molecular flexibility index (Phi) is 4.37. The van der Waals surface area contributed by atoms with Crippen molar-refractivity contribution < 1.29 is 19.4 Å². The molecule has 118 valence electrons. The maximum absolute atomic E-state index is 12.3. The number of halogens is 1. The van der Waals surface area contributed by atoms with Crippen LogP contribution in [0.4, 0.5) is 0 Å². The van der Waals surface area contributed by atoms with Gasteiger partial charge < -0.3 is 14.6 Å². The number of benzene rings is 2. The van der Waals surface area contributed by atoms with Gasteiger partial charge in [0.25, 0.3) is 0 Å². The number of phenolic OH excluding ortho intramolecular Hbond substituents is 1. The SMILES string of the molecule is Cc1cccc(C(=O)/C=C/c2cc(Cl)cc3c2OCOC3)c1O. The molecule has 4 nitrogen and oxygen atoms in total. The molecule has 3 rings (SSSR count). The lowest BCUT2D eigenvalue weighted by atomic mass is 10.0. The largest absolute Gasteiger partial charge is 0.507 e. The molecule has 0 saturated heterocycles. The van der Waals surface area contributed by atoms with E-state index in [4.69, 9.17) is 21.1 Å². The monoisotopic (exact) mass is 330 g/mol. The van der Waals surface area contributed by atoms with Crippen LogP contribution in [0.1, 0.15) is 27.0 Å². The lowest BCUT2D eigenvalue weighted by Crippen LogP contribution is -2.12. The second-order valence-electron chi connectivity index (χ2n) is 5.26. The number of hydrogen-bond donors (Lipinski definition) is 1. The Labute approximate surface area is 138 Å². The molecular formula is C18H15ClO4. The molecule has 2 aromatic carbocycles.